The van der Waals surface area contributed by atoms with Crippen LogP contribution < -0.4 is 16.0 Å². The maximum atomic E-state index is 5.57. The lowest BCUT2D eigenvalue weighted by molar-refractivity contribution is 0.279. The number of anilines is 1. The standard InChI is InChI=1S/C13H13N7O/c14-19-11-16-12(20-8-4-7-15-20)18-13(17-11)21-9-10-5-2-1-3-6-10/h1-8H,9,14H2,(H,16,17,18,19). The Bertz CT molecular complexity index is 700. The van der Waals surface area contributed by atoms with E-state index in [2.05, 4.69) is 25.5 Å². The largest absolute Gasteiger partial charge is 0.458 e. The average molecular weight is 283 g/mol. The molecule has 0 aliphatic carbocycles. The maximum absolute atomic E-state index is 5.57. The molecular formula is C13H13N7O. The number of hydrogen-bond donors (Lipinski definition) is 2. The first-order valence-corrected chi connectivity index (χ1v) is 6.24. The Morgan fingerprint density at radius 3 is 2.67 bits per heavy atom. The molecule has 8 heteroatoms. The van der Waals surface area contributed by atoms with Gasteiger partial charge in [-0.05, 0) is 11.6 Å². The third-order valence-corrected chi connectivity index (χ3v) is 2.65. The number of ether oxygens (including phenoxy) is 1. The number of nitrogen functional groups attached to an aromatic ring is 1. The van der Waals surface area contributed by atoms with Crippen molar-refractivity contribution in [1.29, 1.82) is 0 Å². The number of nitrogens with zero attached hydrogens (tertiary/aromatic N) is 5. The van der Waals surface area contributed by atoms with Crippen molar-refractivity contribution in [1.82, 2.24) is 24.7 Å². The van der Waals surface area contributed by atoms with E-state index in [-0.39, 0.29) is 12.0 Å². The summed E-state index contributed by atoms with van der Waals surface area (Å²) in [4.78, 5) is 12.4. The smallest absolute Gasteiger partial charge is 0.323 e. The molecule has 0 radical (unpaired) electrons. The lowest BCUT2D eigenvalue weighted by Gasteiger charge is -2.07. The highest BCUT2D eigenvalue weighted by Crippen LogP contribution is 2.11. The fraction of sp³-hybridized carbons (Fsp3) is 0.0769. The molecule has 0 bridgehead atoms. The Kier molecular flexibility index (Phi) is 3.70. The van der Waals surface area contributed by atoms with Crippen LogP contribution in [0.4, 0.5) is 5.95 Å². The number of hydrogen-bond acceptors (Lipinski definition) is 7. The zero-order chi connectivity index (χ0) is 14.5. The van der Waals surface area contributed by atoms with Gasteiger partial charge in [0.15, 0.2) is 0 Å². The SMILES string of the molecule is NNc1nc(OCc2ccccc2)nc(-n2cccn2)n1. The van der Waals surface area contributed by atoms with E-state index >= 15 is 0 Å². The second-order valence-corrected chi connectivity index (χ2v) is 4.11. The monoisotopic (exact) mass is 283 g/mol. The van der Waals surface area contributed by atoms with Crippen LogP contribution in [-0.2, 0) is 6.61 Å². The number of nitrogens with two attached hydrogens (primary N) is 1. The predicted molar refractivity (Wildman–Crippen MR) is 75.5 cm³/mol. The normalized spacial score (nSPS) is 10.3. The van der Waals surface area contributed by atoms with Crippen molar-refractivity contribution in [3.8, 4) is 12.0 Å². The fourth-order valence-corrected chi connectivity index (χ4v) is 1.69. The second kappa shape index (κ2) is 5.97. The highest BCUT2D eigenvalue weighted by atomic mass is 16.5. The molecule has 0 spiro atoms. The highest BCUT2D eigenvalue weighted by Gasteiger charge is 2.09. The maximum Gasteiger partial charge on any atom is 0.323 e. The van der Waals surface area contributed by atoms with E-state index in [0.717, 1.165) is 5.56 Å². The minimum Gasteiger partial charge on any atom is -0.458 e. The average Bonchev–Trinajstić information content (AvgIpc) is 3.08. The van der Waals surface area contributed by atoms with Crippen LogP contribution in [0.1, 0.15) is 5.56 Å². The molecule has 0 amide bonds. The molecule has 21 heavy (non-hydrogen) atoms. The Hall–Kier alpha value is -3.00. The fourth-order valence-electron chi connectivity index (χ4n) is 1.69. The molecule has 0 fully saturated rings. The summed E-state index contributed by atoms with van der Waals surface area (Å²) in [5, 5.41) is 4.06. The summed E-state index contributed by atoms with van der Waals surface area (Å²) in [5.74, 6) is 5.89. The Labute approximate surface area is 120 Å². The van der Waals surface area contributed by atoms with Gasteiger partial charge in [-0.25, -0.2) is 10.5 Å². The van der Waals surface area contributed by atoms with Crippen LogP contribution in [0.3, 0.4) is 0 Å². The Balaban J connectivity index is 1.83. The molecular weight excluding hydrogens is 270 g/mol. The molecule has 3 rings (SSSR count). The first-order chi connectivity index (χ1) is 10.3. The van der Waals surface area contributed by atoms with Crippen molar-refractivity contribution in [3.63, 3.8) is 0 Å². The predicted octanol–water partition coefficient (Wildman–Crippen LogP) is 0.922. The van der Waals surface area contributed by atoms with Crippen molar-refractivity contribution >= 4 is 5.95 Å². The molecule has 0 unspecified atom stereocenters. The molecule has 0 aliphatic heterocycles. The zero-order valence-electron chi connectivity index (χ0n) is 11.0. The van der Waals surface area contributed by atoms with Crippen molar-refractivity contribution in [2.45, 2.75) is 6.61 Å². The molecule has 0 aliphatic rings. The summed E-state index contributed by atoms with van der Waals surface area (Å²) in [6, 6.07) is 11.7. The molecule has 8 nitrogen and oxygen atoms in total. The van der Waals surface area contributed by atoms with E-state index in [1.165, 1.54) is 4.68 Å². The Morgan fingerprint density at radius 1 is 1.10 bits per heavy atom. The summed E-state index contributed by atoms with van der Waals surface area (Å²) in [6.45, 7) is 0.355. The molecule has 3 aromatic rings. The molecule has 106 valence electrons. The van der Waals surface area contributed by atoms with Gasteiger partial charge >= 0.3 is 6.01 Å². The van der Waals surface area contributed by atoms with Crippen LogP contribution in [-0.4, -0.2) is 24.7 Å². The third-order valence-electron chi connectivity index (χ3n) is 2.65. The molecule has 2 aromatic heterocycles. The summed E-state index contributed by atoms with van der Waals surface area (Å²) < 4.78 is 7.07. The molecule has 2 heterocycles. The molecule has 0 saturated carbocycles. The van der Waals surface area contributed by atoms with E-state index in [4.69, 9.17) is 10.6 Å². The molecule has 1 aromatic carbocycles. The van der Waals surface area contributed by atoms with Crippen LogP contribution in [0, 0.1) is 0 Å². The van der Waals surface area contributed by atoms with E-state index in [9.17, 15) is 0 Å². The van der Waals surface area contributed by atoms with Gasteiger partial charge in [0.1, 0.15) is 6.61 Å². The van der Waals surface area contributed by atoms with Crippen molar-refractivity contribution in [3.05, 3.63) is 54.4 Å². The first-order valence-electron chi connectivity index (χ1n) is 6.24. The minimum atomic E-state index is 0.173. The summed E-state index contributed by atoms with van der Waals surface area (Å²) >= 11 is 0. The van der Waals surface area contributed by atoms with Gasteiger partial charge in [0, 0.05) is 12.4 Å². The number of nitrogens with one attached hydrogen (secondary N) is 1. The van der Waals surface area contributed by atoms with Crippen LogP contribution >= 0.6 is 0 Å². The number of hydrazine groups is 1. The molecule has 0 atom stereocenters. The van der Waals surface area contributed by atoms with Crippen molar-refractivity contribution in [2.24, 2.45) is 5.84 Å². The third kappa shape index (κ3) is 3.12. The van der Waals surface area contributed by atoms with E-state index in [1.54, 1.807) is 18.5 Å². The molecule has 0 saturated heterocycles. The second-order valence-electron chi connectivity index (χ2n) is 4.11. The topological polar surface area (TPSA) is 104 Å². The summed E-state index contributed by atoms with van der Waals surface area (Å²) in [7, 11) is 0. The summed E-state index contributed by atoms with van der Waals surface area (Å²) in [6.07, 6.45) is 3.35. The van der Waals surface area contributed by atoms with Crippen LogP contribution in [0.15, 0.2) is 48.8 Å². The number of benzene rings is 1. The highest BCUT2D eigenvalue weighted by molar-refractivity contribution is 5.28. The lowest BCUT2D eigenvalue weighted by Crippen LogP contribution is -2.15. The summed E-state index contributed by atoms with van der Waals surface area (Å²) in [5.41, 5.74) is 3.40. The first kappa shape index (κ1) is 13.0. The van der Waals surface area contributed by atoms with Crippen molar-refractivity contribution < 1.29 is 4.74 Å². The van der Waals surface area contributed by atoms with Crippen LogP contribution in [0.5, 0.6) is 6.01 Å². The van der Waals surface area contributed by atoms with E-state index in [1.807, 2.05) is 30.3 Å². The van der Waals surface area contributed by atoms with Crippen molar-refractivity contribution in [2.75, 3.05) is 5.43 Å². The van der Waals surface area contributed by atoms with Gasteiger partial charge in [-0.15, -0.1) is 0 Å². The Morgan fingerprint density at radius 2 is 1.95 bits per heavy atom. The van der Waals surface area contributed by atoms with Gasteiger partial charge in [-0.3, -0.25) is 5.43 Å². The van der Waals surface area contributed by atoms with Gasteiger partial charge < -0.3 is 4.74 Å². The van der Waals surface area contributed by atoms with Gasteiger partial charge in [-0.2, -0.15) is 20.1 Å². The lowest BCUT2D eigenvalue weighted by atomic mass is 10.2. The quantitative estimate of drug-likeness (QED) is 0.530. The number of rotatable bonds is 5. The van der Waals surface area contributed by atoms with E-state index in [0.29, 0.717) is 12.6 Å². The van der Waals surface area contributed by atoms with Gasteiger partial charge in [0.2, 0.25) is 5.95 Å². The van der Waals surface area contributed by atoms with Gasteiger partial charge in [-0.1, -0.05) is 30.3 Å². The molecule has 3 N–H and O–H groups in total. The number of aromatic nitrogens is 5. The van der Waals surface area contributed by atoms with Gasteiger partial charge in [0.05, 0.1) is 0 Å². The zero-order valence-corrected chi connectivity index (χ0v) is 11.0. The minimum absolute atomic E-state index is 0.173. The van der Waals surface area contributed by atoms with Crippen LogP contribution in [0.25, 0.3) is 5.95 Å². The van der Waals surface area contributed by atoms with Gasteiger partial charge in [0.25, 0.3) is 5.95 Å². The van der Waals surface area contributed by atoms with Crippen LogP contribution in [0.2, 0.25) is 0 Å². The van der Waals surface area contributed by atoms with E-state index < -0.39 is 0 Å².